The Balaban J connectivity index is 3.35. The summed E-state index contributed by atoms with van der Waals surface area (Å²) in [5.74, 6) is 0.562. The topological polar surface area (TPSA) is 26.3 Å². The Morgan fingerprint density at radius 1 is 1.46 bits per heavy atom. The second kappa shape index (κ2) is 4.44. The molecule has 5 heteroatoms. The number of halogens is 3. The van der Waals surface area contributed by atoms with Crippen molar-refractivity contribution in [3.63, 3.8) is 0 Å². The fraction of sp³-hybridized carbons (Fsp3) is 0.125. The first kappa shape index (κ1) is 11.0. The van der Waals surface area contributed by atoms with Crippen molar-refractivity contribution in [2.45, 2.75) is 0 Å². The molecule has 0 aliphatic heterocycles. The minimum atomic E-state index is -0.516. The zero-order chi connectivity index (χ0) is 10.0. The summed E-state index contributed by atoms with van der Waals surface area (Å²) >= 11 is 11.9. The van der Waals surface area contributed by atoms with Crippen molar-refractivity contribution in [3.8, 4) is 5.75 Å². The zero-order valence-corrected chi connectivity index (χ0v) is 10.5. The van der Waals surface area contributed by atoms with Gasteiger partial charge in [-0.2, -0.15) is 0 Å². The third kappa shape index (κ3) is 2.24. The van der Waals surface area contributed by atoms with E-state index in [2.05, 4.69) is 31.9 Å². The molecule has 0 fully saturated rings. The van der Waals surface area contributed by atoms with Crippen LogP contribution in [0.3, 0.4) is 0 Å². The van der Waals surface area contributed by atoms with E-state index in [1.165, 1.54) is 7.11 Å². The molecule has 0 bridgehead atoms. The molecular formula is C8H5Br2ClO2. The van der Waals surface area contributed by atoms with Crippen molar-refractivity contribution in [1.82, 2.24) is 0 Å². The lowest BCUT2D eigenvalue weighted by Crippen LogP contribution is -1.94. The summed E-state index contributed by atoms with van der Waals surface area (Å²) in [6.45, 7) is 0. The summed E-state index contributed by atoms with van der Waals surface area (Å²) in [6.07, 6.45) is 0. The molecule has 0 aliphatic rings. The monoisotopic (exact) mass is 326 g/mol. The number of carbonyl (C=O) groups excluding carboxylic acids is 1. The molecule has 0 heterocycles. The van der Waals surface area contributed by atoms with Gasteiger partial charge in [-0.1, -0.05) is 0 Å². The molecule has 0 N–H and O–H groups in total. The van der Waals surface area contributed by atoms with Gasteiger partial charge in [-0.15, -0.1) is 0 Å². The summed E-state index contributed by atoms with van der Waals surface area (Å²) in [7, 11) is 1.52. The van der Waals surface area contributed by atoms with E-state index in [0.717, 1.165) is 4.47 Å². The molecule has 2 nitrogen and oxygen atoms in total. The predicted octanol–water partition coefficient (Wildman–Crippen LogP) is 3.60. The Morgan fingerprint density at radius 2 is 2.08 bits per heavy atom. The second-order valence-corrected chi connectivity index (χ2v) is 4.21. The van der Waals surface area contributed by atoms with Crippen LogP contribution in [0.5, 0.6) is 5.75 Å². The third-order valence-corrected chi connectivity index (χ3v) is 3.08. The van der Waals surface area contributed by atoms with E-state index in [1.54, 1.807) is 12.1 Å². The first-order valence-corrected chi connectivity index (χ1v) is 5.26. The standard InChI is InChI=1S/C8H5Br2ClO2/c1-13-7-5(9)3-2-4(6(7)10)8(11)12/h2-3H,1H3. The van der Waals surface area contributed by atoms with Crippen molar-refractivity contribution < 1.29 is 9.53 Å². The summed E-state index contributed by atoms with van der Waals surface area (Å²) in [5.41, 5.74) is 0.390. The second-order valence-electron chi connectivity index (χ2n) is 2.22. The summed E-state index contributed by atoms with van der Waals surface area (Å²) in [6, 6.07) is 3.32. The zero-order valence-electron chi connectivity index (χ0n) is 6.61. The van der Waals surface area contributed by atoms with Crippen molar-refractivity contribution in [1.29, 1.82) is 0 Å². The van der Waals surface area contributed by atoms with Gasteiger partial charge in [0.1, 0.15) is 5.75 Å². The minimum Gasteiger partial charge on any atom is -0.494 e. The fourth-order valence-electron chi connectivity index (χ4n) is 0.871. The number of carbonyl (C=O) groups is 1. The average Bonchev–Trinajstić information content (AvgIpc) is 2.04. The van der Waals surface area contributed by atoms with Crippen molar-refractivity contribution in [3.05, 3.63) is 26.6 Å². The van der Waals surface area contributed by atoms with Gasteiger partial charge < -0.3 is 4.74 Å². The molecule has 0 aliphatic carbocycles. The maximum atomic E-state index is 10.9. The van der Waals surface area contributed by atoms with E-state index in [4.69, 9.17) is 16.3 Å². The average molecular weight is 328 g/mol. The van der Waals surface area contributed by atoms with Crippen molar-refractivity contribution in [2.75, 3.05) is 7.11 Å². The van der Waals surface area contributed by atoms with E-state index < -0.39 is 5.24 Å². The molecule has 0 unspecified atom stereocenters. The molecule has 0 aromatic heterocycles. The molecule has 0 saturated heterocycles. The van der Waals surface area contributed by atoms with E-state index in [1.807, 2.05) is 0 Å². The molecule has 0 spiro atoms. The highest BCUT2D eigenvalue weighted by molar-refractivity contribution is 9.11. The smallest absolute Gasteiger partial charge is 0.253 e. The Hall–Kier alpha value is -0.0600. The maximum Gasteiger partial charge on any atom is 0.253 e. The van der Waals surface area contributed by atoms with Crippen molar-refractivity contribution >= 4 is 48.7 Å². The van der Waals surface area contributed by atoms with Gasteiger partial charge in [0.15, 0.2) is 0 Å². The fourth-order valence-corrected chi connectivity index (χ4v) is 2.59. The quantitative estimate of drug-likeness (QED) is 0.776. The van der Waals surface area contributed by atoms with E-state index in [-0.39, 0.29) is 0 Å². The van der Waals surface area contributed by atoms with Crippen LogP contribution >= 0.6 is 43.5 Å². The highest BCUT2D eigenvalue weighted by atomic mass is 79.9. The van der Waals surface area contributed by atoms with Crippen molar-refractivity contribution in [2.24, 2.45) is 0 Å². The number of hydrogen-bond acceptors (Lipinski definition) is 2. The van der Waals surface area contributed by atoms with Crippen LogP contribution in [0.15, 0.2) is 21.1 Å². The number of rotatable bonds is 2. The lowest BCUT2D eigenvalue weighted by molar-refractivity contribution is 0.108. The van der Waals surface area contributed by atoms with E-state index in [9.17, 15) is 4.79 Å². The van der Waals surface area contributed by atoms with Crippen LogP contribution in [0.4, 0.5) is 0 Å². The highest BCUT2D eigenvalue weighted by Crippen LogP contribution is 2.36. The SMILES string of the molecule is COc1c(Br)ccc(C(=O)Cl)c1Br. The van der Waals surface area contributed by atoms with Crippen LogP contribution in [0, 0.1) is 0 Å². The van der Waals surface area contributed by atoms with E-state index in [0.29, 0.717) is 15.8 Å². The van der Waals surface area contributed by atoms with Gasteiger partial charge in [0, 0.05) is 0 Å². The van der Waals surface area contributed by atoms with E-state index >= 15 is 0 Å². The predicted molar refractivity (Wildman–Crippen MR) is 58.6 cm³/mol. The summed E-state index contributed by atoms with van der Waals surface area (Å²) in [5, 5.41) is -0.516. The van der Waals surface area contributed by atoms with Gasteiger partial charge in [-0.3, -0.25) is 4.79 Å². The normalized spacial score (nSPS) is 9.85. The molecule has 13 heavy (non-hydrogen) atoms. The van der Waals surface area contributed by atoms with Crippen LogP contribution in [0.2, 0.25) is 0 Å². The molecule has 0 saturated carbocycles. The Labute approximate surface area is 97.5 Å². The number of ether oxygens (including phenoxy) is 1. The summed E-state index contributed by atoms with van der Waals surface area (Å²) in [4.78, 5) is 10.9. The molecule has 1 rings (SSSR count). The molecular weight excluding hydrogens is 323 g/mol. The van der Waals surface area contributed by atoms with Crippen LogP contribution in [0.25, 0.3) is 0 Å². The highest BCUT2D eigenvalue weighted by Gasteiger charge is 2.14. The molecule has 0 radical (unpaired) electrons. The van der Waals surface area contributed by atoms with Crippen LogP contribution in [-0.4, -0.2) is 12.4 Å². The first-order valence-electron chi connectivity index (χ1n) is 3.29. The van der Waals surface area contributed by atoms with Gasteiger partial charge in [-0.25, -0.2) is 0 Å². The molecule has 1 aromatic rings. The third-order valence-electron chi connectivity index (χ3n) is 1.46. The maximum absolute atomic E-state index is 10.9. The largest absolute Gasteiger partial charge is 0.494 e. The number of benzene rings is 1. The Morgan fingerprint density at radius 3 is 2.54 bits per heavy atom. The molecule has 70 valence electrons. The van der Waals surface area contributed by atoms with Gasteiger partial charge in [-0.05, 0) is 55.6 Å². The number of methoxy groups -OCH3 is 1. The molecule has 0 atom stereocenters. The van der Waals surface area contributed by atoms with Crippen LogP contribution in [-0.2, 0) is 0 Å². The Kier molecular flexibility index (Phi) is 3.76. The van der Waals surface area contributed by atoms with Gasteiger partial charge in [0.2, 0.25) is 0 Å². The summed E-state index contributed by atoms with van der Waals surface area (Å²) < 4.78 is 6.39. The van der Waals surface area contributed by atoms with Gasteiger partial charge in [0.25, 0.3) is 5.24 Å². The minimum absolute atomic E-state index is 0.390. The lowest BCUT2D eigenvalue weighted by atomic mass is 10.2. The lowest BCUT2D eigenvalue weighted by Gasteiger charge is -2.07. The number of hydrogen-bond donors (Lipinski definition) is 0. The Bertz CT molecular complexity index is 352. The van der Waals surface area contributed by atoms with Crippen LogP contribution in [0.1, 0.15) is 10.4 Å². The molecule has 1 aromatic carbocycles. The van der Waals surface area contributed by atoms with Gasteiger partial charge >= 0.3 is 0 Å². The van der Waals surface area contributed by atoms with Crippen LogP contribution < -0.4 is 4.74 Å². The molecule has 0 amide bonds. The first-order chi connectivity index (χ1) is 6.07. The van der Waals surface area contributed by atoms with Gasteiger partial charge in [0.05, 0.1) is 21.6 Å².